The molecular weight excluding hydrogens is 260 g/mol. The summed E-state index contributed by atoms with van der Waals surface area (Å²) in [5.74, 6) is 1.92. The average molecular weight is 274 g/mol. The van der Waals surface area contributed by atoms with Crippen molar-refractivity contribution in [3.05, 3.63) is 30.1 Å². The predicted molar refractivity (Wildman–Crippen MR) is 73.2 cm³/mol. The van der Waals surface area contributed by atoms with Gasteiger partial charge in [-0.3, -0.25) is 0 Å². The number of aromatic nitrogens is 3. The van der Waals surface area contributed by atoms with E-state index in [4.69, 9.17) is 14.2 Å². The van der Waals surface area contributed by atoms with E-state index in [0.717, 1.165) is 5.56 Å². The molecule has 0 amide bonds. The highest BCUT2D eigenvalue weighted by Gasteiger charge is 2.12. The average Bonchev–Trinajstić information content (AvgIpc) is 2.52. The number of methoxy groups -OCH3 is 3. The van der Waals surface area contributed by atoms with E-state index in [9.17, 15) is 0 Å². The third kappa shape index (κ3) is 3.00. The molecule has 0 spiro atoms. The van der Waals surface area contributed by atoms with Crippen LogP contribution in [-0.2, 0) is 0 Å². The van der Waals surface area contributed by atoms with Crippen molar-refractivity contribution in [2.24, 2.45) is 4.99 Å². The lowest BCUT2D eigenvalue weighted by atomic mass is 10.2. The smallest absolute Gasteiger partial charge is 0.268 e. The highest BCUT2D eigenvalue weighted by Crippen LogP contribution is 2.37. The van der Waals surface area contributed by atoms with Gasteiger partial charge in [0.1, 0.15) is 0 Å². The molecule has 7 heteroatoms. The zero-order chi connectivity index (χ0) is 14.4. The summed E-state index contributed by atoms with van der Waals surface area (Å²) in [6.45, 7) is 0. The zero-order valence-corrected chi connectivity index (χ0v) is 11.4. The molecule has 20 heavy (non-hydrogen) atoms. The number of hydrogen-bond acceptors (Lipinski definition) is 7. The van der Waals surface area contributed by atoms with Crippen LogP contribution in [0.4, 0.5) is 5.95 Å². The minimum atomic E-state index is 0.279. The summed E-state index contributed by atoms with van der Waals surface area (Å²) < 4.78 is 15.8. The van der Waals surface area contributed by atoms with Crippen molar-refractivity contribution in [3.63, 3.8) is 0 Å². The molecule has 0 radical (unpaired) electrons. The maximum atomic E-state index is 5.26. The van der Waals surface area contributed by atoms with Gasteiger partial charge in [0, 0.05) is 11.8 Å². The number of rotatable bonds is 5. The summed E-state index contributed by atoms with van der Waals surface area (Å²) >= 11 is 0. The first-order chi connectivity index (χ1) is 9.78. The molecular formula is C13H14N4O3. The molecule has 7 nitrogen and oxygen atoms in total. The van der Waals surface area contributed by atoms with E-state index in [0.29, 0.717) is 17.2 Å². The maximum absolute atomic E-state index is 5.26. The first kappa shape index (κ1) is 13.7. The zero-order valence-electron chi connectivity index (χ0n) is 11.4. The molecule has 1 heterocycles. The molecule has 0 fully saturated rings. The van der Waals surface area contributed by atoms with Gasteiger partial charge in [-0.15, -0.1) is 5.10 Å². The Labute approximate surface area is 116 Å². The lowest BCUT2D eigenvalue weighted by molar-refractivity contribution is 0.324. The van der Waals surface area contributed by atoms with Gasteiger partial charge in [0.2, 0.25) is 5.75 Å². The fourth-order valence-electron chi connectivity index (χ4n) is 1.61. The van der Waals surface area contributed by atoms with E-state index in [1.54, 1.807) is 39.7 Å². The largest absolute Gasteiger partial charge is 0.493 e. The van der Waals surface area contributed by atoms with Gasteiger partial charge in [-0.25, -0.2) is 9.98 Å². The van der Waals surface area contributed by atoms with Crippen molar-refractivity contribution in [3.8, 4) is 17.2 Å². The molecule has 0 saturated carbocycles. The van der Waals surface area contributed by atoms with Crippen LogP contribution in [0.15, 0.2) is 29.5 Å². The Kier molecular flexibility index (Phi) is 4.43. The van der Waals surface area contributed by atoms with Crippen molar-refractivity contribution in [1.29, 1.82) is 0 Å². The fourth-order valence-corrected chi connectivity index (χ4v) is 1.61. The first-order valence-corrected chi connectivity index (χ1v) is 5.76. The second-order valence-corrected chi connectivity index (χ2v) is 3.66. The number of nitrogens with zero attached hydrogens (tertiary/aromatic N) is 4. The van der Waals surface area contributed by atoms with Crippen molar-refractivity contribution >= 4 is 12.2 Å². The van der Waals surface area contributed by atoms with Crippen LogP contribution in [0.3, 0.4) is 0 Å². The van der Waals surface area contributed by atoms with Crippen molar-refractivity contribution in [2.45, 2.75) is 0 Å². The highest BCUT2D eigenvalue weighted by molar-refractivity contribution is 5.83. The number of hydrogen-bond donors (Lipinski definition) is 0. The van der Waals surface area contributed by atoms with Gasteiger partial charge >= 0.3 is 0 Å². The van der Waals surface area contributed by atoms with E-state index in [1.807, 2.05) is 0 Å². The lowest BCUT2D eigenvalue weighted by Crippen LogP contribution is -1.96. The summed E-state index contributed by atoms with van der Waals surface area (Å²) in [4.78, 5) is 8.08. The summed E-state index contributed by atoms with van der Waals surface area (Å²) in [6.07, 6.45) is 4.61. The minimum absolute atomic E-state index is 0.279. The van der Waals surface area contributed by atoms with Gasteiger partial charge in [-0.2, -0.15) is 5.10 Å². The third-order valence-electron chi connectivity index (χ3n) is 2.49. The predicted octanol–water partition coefficient (Wildman–Crippen LogP) is 1.65. The van der Waals surface area contributed by atoms with Gasteiger partial charge in [0.15, 0.2) is 11.5 Å². The van der Waals surface area contributed by atoms with Crippen LogP contribution >= 0.6 is 0 Å². The molecule has 0 bridgehead atoms. The number of benzene rings is 1. The van der Waals surface area contributed by atoms with Crippen LogP contribution in [0, 0.1) is 0 Å². The van der Waals surface area contributed by atoms with Crippen LogP contribution in [0.2, 0.25) is 0 Å². The summed E-state index contributed by atoms with van der Waals surface area (Å²) in [6, 6.07) is 3.56. The molecule has 0 N–H and O–H groups in total. The van der Waals surface area contributed by atoms with Crippen LogP contribution in [-0.4, -0.2) is 42.7 Å². The number of aliphatic imine (C=N–C) groups is 1. The molecule has 0 aliphatic carbocycles. The quantitative estimate of drug-likeness (QED) is 0.771. The van der Waals surface area contributed by atoms with Gasteiger partial charge < -0.3 is 14.2 Å². The van der Waals surface area contributed by atoms with Gasteiger partial charge in [0.05, 0.1) is 33.7 Å². The first-order valence-electron chi connectivity index (χ1n) is 5.76. The Morgan fingerprint density at radius 3 is 2.20 bits per heavy atom. The molecule has 0 aliphatic heterocycles. The summed E-state index contributed by atoms with van der Waals surface area (Å²) in [5, 5.41) is 7.46. The molecule has 0 unspecified atom stereocenters. The Hall–Kier alpha value is -2.70. The van der Waals surface area contributed by atoms with Crippen LogP contribution < -0.4 is 14.2 Å². The highest BCUT2D eigenvalue weighted by atomic mass is 16.5. The van der Waals surface area contributed by atoms with E-state index in [1.165, 1.54) is 12.4 Å². The molecule has 1 aromatic heterocycles. The Bertz CT molecular complexity index is 577. The molecule has 1 aromatic carbocycles. The molecule has 0 aliphatic rings. The molecule has 2 aromatic rings. The molecule has 104 valence electrons. The topological polar surface area (TPSA) is 78.7 Å². The van der Waals surface area contributed by atoms with Crippen LogP contribution in [0.1, 0.15) is 5.56 Å². The lowest BCUT2D eigenvalue weighted by Gasteiger charge is -2.12. The van der Waals surface area contributed by atoms with E-state index >= 15 is 0 Å². The second-order valence-electron chi connectivity index (χ2n) is 3.66. The third-order valence-corrected chi connectivity index (χ3v) is 2.49. The van der Waals surface area contributed by atoms with Crippen LogP contribution in [0.5, 0.6) is 17.2 Å². The maximum Gasteiger partial charge on any atom is 0.268 e. The second kappa shape index (κ2) is 6.46. The van der Waals surface area contributed by atoms with E-state index in [2.05, 4.69) is 20.2 Å². The SMILES string of the molecule is COc1cc(/C=N/c2nccnn2)cc(OC)c1OC. The molecule has 0 saturated heterocycles. The standard InChI is InChI=1S/C13H14N4O3/c1-18-10-6-9(7-11(19-2)12(10)20-3)8-15-13-14-4-5-16-17-13/h4-8H,1-3H3/b15-8+. The van der Waals surface area contributed by atoms with E-state index < -0.39 is 0 Å². The van der Waals surface area contributed by atoms with Gasteiger partial charge in [-0.1, -0.05) is 0 Å². The molecule has 0 atom stereocenters. The van der Waals surface area contributed by atoms with Crippen molar-refractivity contribution < 1.29 is 14.2 Å². The van der Waals surface area contributed by atoms with Crippen molar-refractivity contribution in [2.75, 3.05) is 21.3 Å². The normalized spacial score (nSPS) is 10.6. The minimum Gasteiger partial charge on any atom is -0.493 e. The Morgan fingerprint density at radius 1 is 1.00 bits per heavy atom. The Morgan fingerprint density at radius 2 is 1.70 bits per heavy atom. The molecule has 2 rings (SSSR count). The van der Waals surface area contributed by atoms with Gasteiger partial charge in [-0.05, 0) is 12.1 Å². The van der Waals surface area contributed by atoms with Crippen LogP contribution in [0.25, 0.3) is 0 Å². The Balaban J connectivity index is 2.35. The monoisotopic (exact) mass is 274 g/mol. The fraction of sp³-hybridized carbons (Fsp3) is 0.231. The number of ether oxygens (including phenoxy) is 3. The van der Waals surface area contributed by atoms with Crippen molar-refractivity contribution in [1.82, 2.24) is 15.2 Å². The van der Waals surface area contributed by atoms with E-state index in [-0.39, 0.29) is 5.95 Å². The summed E-state index contributed by atoms with van der Waals surface area (Å²) in [7, 11) is 4.67. The summed E-state index contributed by atoms with van der Waals surface area (Å²) in [5.41, 5.74) is 0.770. The van der Waals surface area contributed by atoms with Gasteiger partial charge in [0.25, 0.3) is 5.95 Å².